The van der Waals surface area contributed by atoms with E-state index in [1.54, 1.807) is 22.6 Å². The highest BCUT2D eigenvalue weighted by molar-refractivity contribution is 7.91. The highest BCUT2D eigenvalue weighted by Crippen LogP contribution is 2.31. The molecule has 0 radical (unpaired) electrons. The first-order valence-corrected chi connectivity index (χ1v) is 8.42. The number of fused-ring (bicyclic) bond motifs is 1. The van der Waals surface area contributed by atoms with Gasteiger partial charge in [-0.25, -0.2) is 18.2 Å². The molecule has 3 rings (SSSR count). The van der Waals surface area contributed by atoms with Gasteiger partial charge in [0.2, 0.25) is 0 Å². The molecule has 0 saturated carbocycles. The fourth-order valence-corrected chi connectivity index (χ4v) is 4.26. The van der Waals surface area contributed by atoms with Crippen molar-refractivity contribution in [1.82, 2.24) is 9.38 Å². The number of carbonyl (C=O) groups is 1. The molecule has 3 heterocycles. The van der Waals surface area contributed by atoms with Crippen LogP contribution in [-0.4, -0.2) is 40.4 Å². The number of rotatable bonds is 2. The Morgan fingerprint density at radius 1 is 1.33 bits per heavy atom. The number of carboxylic acids is 1. The van der Waals surface area contributed by atoms with Gasteiger partial charge in [0.15, 0.2) is 5.69 Å². The second-order valence-corrected chi connectivity index (χ2v) is 7.52. The number of sulfone groups is 1. The van der Waals surface area contributed by atoms with Gasteiger partial charge in [-0.2, -0.15) is 0 Å². The first-order valence-electron chi connectivity index (χ1n) is 6.59. The number of hydrogen-bond acceptors (Lipinski definition) is 5. The summed E-state index contributed by atoms with van der Waals surface area (Å²) >= 11 is 0. The summed E-state index contributed by atoms with van der Waals surface area (Å²) in [6, 6.07) is 4.99. The van der Waals surface area contributed by atoms with Crippen LogP contribution in [0.4, 0.5) is 5.82 Å². The highest BCUT2D eigenvalue weighted by atomic mass is 32.2. The summed E-state index contributed by atoms with van der Waals surface area (Å²) in [6.07, 6.45) is 0.879. The molecule has 0 aliphatic carbocycles. The van der Waals surface area contributed by atoms with Crippen LogP contribution in [0.2, 0.25) is 0 Å². The topological polar surface area (TPSA) is 115 Å². The molecular weight excluding hydrogens is 294 g/mol. The van der Waals surface area contributed by atoms with E-state index in [9.17, 15) is 18.3 Å². The van der Waals surface area contributed by atoms with E-state index in [1.807, 2.05) is 0 Å². The Morgan fingerprint density at radius 2 is 2.00 bits per heavy atom. The zero-order chi connectivity index (χ0) is 15.2. The predicted octanol–water partition coefficient (Wildman–Crippen LogP) is 0.907. The van der Waals surface area contributed by atoms with Crippen molar-refractivity contribution in [2.45, 2.75) is 18.8 Å². The lowest BCUT2D eigenvalue weighted by molar-refractivity contribution is 0.0693. The molecule has 7 nitrogen and oxygen atoms in total. The fraction of sp³-hybridized carbons (Fsp3) is 0.385. The zero-order valence-corrected chi connectivity index (χ0v) is 12.0. The van der Waals surface area contributed by atoms with Crippen LogP contribution in [0, 0.1) is 0 Å². The maximum atomic E-state index is 11.5. The van der Waals surface area contributed by atoms with Crippen LogP contribution < -0.4 is 5.73 Å². The van der Waals surface area contributed by atoms with Crippen LogP contribution >= 0.6 is 0 Å². The van der Waals surface area contributed by atoms with Gasteiger partial charge in [-0.1, -0.05) is 6.07 Å². The van der Waals surface area contributed by atoms with E-state index in [0.717, 1.165) is 0 Å². The average molecular weight is 309 g/mol. The normalized spacial score (nSPS) is 18.9. The number of aromatic carboxylic acids is 1. The molecule has 0 spiro atoms. The number of aromatic nitrogens is 2. The third kappa shape index (κ3) is 2.35. The summed E-state index contributed by atoms with van der Waals surface area (Å²) in [7, 11) is -2.98. The van der Waals surface area contributed by atoms with Gasteiger partial charge in [0.1, 0.15) is 21.5 Å². The molecule has 2 aromatic heterocycles. The molecule has 0 atom stereocenters. The minimum absolute atomic E-state index is 0.0502. The third-order valence-corrected chi connectivity index (χ3v) is 5.56. The van der Waals surface area contributed by atoms with Crippen LogP contribution in [0.3, 0.4) is 0 Å². The Balaban J connectivity index is 2.13. The molecule has 8 heteroatoms. The van der Waals surface area contributed by atoms with Crippen molar-refractivity contribution < 1.29 is 18.3 Å². The Morgan fingerprint density at radius 3 is 2.62 bits per heavy atom. The van der Waals surface area contributed by atoms with Crippen LogP contribution in [0.1, 0.15) is 35.1 Å². The van der Waals surface area contributed by atoms with Crippen molar-refractivity contribution >= 4 is 27.1 Å². The molecule has 1 aliphatic rings. The van der Waals surface area contributed by atoms with Crippen molar-refractivity contribution in [3.8, 4) is 0 Å². The Labute approximate surface area is 121 Å². The van der Waals surface area contributed by atoms with E-state index >= 15 is 0 Å². The van der Waals surface area contributed by atoms with E-state index < -0.39 is 15.8 Å². The number of anilines is 1. The Bertz CT molecular complexity index is 811. The quantitative estimate of drug-likeness (QED) is 0.852. The monoisotopic (exact) mass is 309 g/mol. The molecule has 0 unspecified atom stereocenters. The van der Waals surface area contributed by atoms with E-state index in [-0.39, 0.29) is 23.1 Å². The molecule has 1 saturated heterocycles. The van der Waals surface area contributed by atoms with Gasteiger partial charge in [-0.15, -0.1) is 0 Å². The summed E-state index contributed by atoms with van der Waals surface area (Å²) < 4.78 is 24.7. The molecule has 3 N–H and O–H groups in total. The SMILES string of the molecule is Nc1cccc2c(C(=O)O)nc(C3CCS(=O)(=O)CC3)n12. The number of hydrogen-bond donors (Lipinski definition) is 2. The predicted molar refractivity (Wildman–Crippen MR) is 77.2 cm³/mol. The van der Waals surface area contributed by atoms with Crippen molar-refractivity contribution in [3.63, 3.8) is 0 Å². The number of imidazole rings is 1. The third-order valence-electron chi connectivity index (χ3n) is 3.84. The van der Waals surface area contributed by atoms with Gasteiger partial charge in [0.25, 0.3) is 0 Å². The van der Waals surface area contributed by atoms with Crippen LogP contribution in [0.25, 0.3) is 5.52 Å². The minimum Gasteiger partial charge on any atom is -0.476 e. The lowest BCUT2D eigenvalue weighted by Gasteiger charge is -2.21. The van der Waals surface area contributed by atoms with Gasteiger partial charge >= 0.3 is 5.97 Å². The smallest absolute Gasteiger partial charge is 0.356 e. The average Bonchev–Trinajstić information content (AvgIpc) is 2.80. The maximum absolute atomic E-state index is 11.5. The van der Waals surface area contributed by atoms with E-state index in [1.165, 1.54) is 0 Å². The maximum Gasteiger partial charge on any atom is 0.356 e. The fourth-order valence-electron chi connectivity index (χ4n) is 2.77. The molecule has 1 fully saturated rings. The molecule has 21 heavy (non-hydrogen) atoms. The summed E-state index contributed by atoms with van der Waals surface area (Å²) in [4.78, 5) is 15.5. The molecule has 0 aromatic carbocycles. The molecule has 112 valence electrons. The molecule has 0 amide bonds. The first kappa shape index (κ1) is 13.9. The summed E-state index contributed by atoms with van der Waals surface area (Å²) in [5.41, 5.74) is 6.33. The largest absolute Gasteiger partial charge is 0.476 e. The van der Waals surface area contributed by atoms with Crippen molar-refractivity contribution in [2.24, 2.45) is 0 Å². The van der Waals surface area contributed by atoms with E-state index in [0.29, 0.717) is 30.0 Å². The molecule has 0 bridgehead atoms. The van der Waals surface area contributed by atoms with E-state index in [4.69, 9.17) is 5.73 Å². The second-order valence-electron chi connectivity index (χ2n) is 5.22. The number of nitrogen functional groups attached to an aromatic ring is 1. The van der Waals surface area contributed by atoms with Gasteiger partial charge in [-0.3, -0.25) is 4.40 Å². The number of carboxylic acid groups (broad SMARTS) is 1. The number of pyridine rings is 1. The number of nitrogens with zero attached hydrogens (tertiary/aromatic N) is 2. The van der Waals surface area contributed by atoms with Gasteiger partial charge < -0.3 is 10.8 Å². The lowest BCUT2D eigenvalue weighted by atomic mass is 10.0. The number of nitrogens with two attached hydrogens (primary N) is 1. The second kappa shape index (κ2) is 4.73. The van der Waals surface area contributed by atoms with Crippen LogP contribution in [0.15, 0.2) is 18.2 Å². The summed E-state index contributed by atoms with van der Waals surface area (Å²) in [5.74, 6) is -0.0818. The van der Waals surface area contributed by atoms with Crippen LogP contribution in [-0.2, 0) is 9.84 Å². The summed E-state index contributed by atoms with van der Waals surface area (Å²) in [6.45, 7) is 0. The minimum atomic E-state index is -2.98. The molecule has 1 aliphatic heterocycles. The molecule has 2 aromatic rings. The van der Waals surface area contributed by atoms with E-state index in [2.05, 4.69) is 4.98 Å². The summed E-state index contributed by atoms with van der Waals surface area (Å²) in [5, 5.41) is 9.26. The van der Waals surface area contributed by atoms with Crippen LogP contribution in [0.5, 0.6) is 0 Å². The lowest BCUT2D eigenvalue weighted by Crippen LogP contribution is -2.23. The van der Waals surface area contributed by atoms with Gasteiger partial charge in [0.05, 0.1) is 17.0 Å². The Kier molecular flexibility index (Phi) is 3.12. The van der Waals surface area contributed by atoms with Gasteiger partial charge in [0, 0.05) is 5.92 Å². The first-order chi connectivity index (χ1) is 9.89. The Hall–Kier alpha value is -2.09. The van der Waals surface area contributed by atoms with Gasteiger partial charge in [-0.05, 0) is 25.0 Å². The van der Waals surface area contributed by atoms with Crippen molar-refractivity contribution in [1.29, 1.82) is 0 Å². The van der Waals surface area contributed by atoms with Crippen molar-refractivity contribution in [2.75, 3.05) is 17.2 Å². The molecular formula is C13H15N3O4S. The standard InChI is InChI=1S/C13H15N3O4S/c14-10-3-1-2-9-11(13(17)18)15-12(16(9)10)8-4-6-21(19,20)7-5-8/h1-3,8H,4-7,14H2,(H,17,18). The van der Waals surface area contributed by atoms with Crippen molar-refractivity contribution in [3.05, 3.63) is 29.7 Å². The highest BCUT2D eigenvalue weighted by Gasteiger charge is 2.29. The zero-order valence-electron chi connectivity index (χ0n) is 11.2.